The predicted molar refractivity (Wildman–Crippen MR) is 164 cm³/mol. The average Bonchev–Trinajstić information content (AvgIpc) is 3.57. The third-order valence-electron chi connectivity index (χ3n) is 7.22. The molecule has 0 amide bonds. The number of fused-ring (bicyclic) bond motifs is 1. The van der Waals surface area contributed by atoms with Crippen molar-refractivity contribution in [1.82, 2.24) is 10.1 Å². The fourth-order valence-electron chi connectivity index (χ4n) is 4.98. The van der Waals surface area contributed by atoms with Crippen molar-refractivity contribution in [3.63, 3.8) is 0 Å². The summed E-state index contributed by atoms with van der Waals surface area (Å²) in [6.45, 7) is 0. The van der Waals surface area contributed by atoms with Gasteiger partial charge in [0.25, 0.3) is 5.89 Å². The van der Waals surface area contributed by atoms with Crippen molar-refractivity contribution >= 4 is 6.21 Å². The largest absolute Gasteiger partial charge is 0.468 e. The van der Waals surface area contributed by atoms with Crippen molar-refractivity contribution in [3.05, 3.63) is 150 Å². The quantitative estimate of drug-likeness (QED) is 0.162. The van der Waals surface area contributed by atoms with Gasteiger partial charge in [0, 0.05) is 11.8 Å². The van der Waals surface area contributed by atoms with Gasteiger partial charge < -0.3 is 18.7 Å². The first-order valence-electron chi connectivity index (χ1n) is 14.3. The van der Waals surface area contributed by atoms with Crippen LogP contribution in [0.25, 0.3) is 11.5 Å². The fourth-order valence-corrected chi connectivity index (χ4v) is 4.98. The number of nitrogens with zero attached hydrogens (tertiary/aromatic N) is 3. The molecule has 45 heavy (non-hydrogen) atoms. The van der Waals surface area contributed by atoms with Crippen LogP contribution in [0.5, 0.6) is 28.7 Å². The maximum absolute atomic E-state index is 14.6. The van der Waals surface area contributed by atoms with Gasteiger partial charge in [0.15, 0.2) is 35.2 Å². The first-order chi connectivity index (χ1) is 22.1. The van der Waals surface area contributed by atoms with Gasteiger partial charge in [-0.25, -0.2) is 13.8 Å². The molecule has 5 aromatic carbocycles. The van der Waals surface area contributed by atoms with Gasteiger partial charge in [0.2, 0.25) is 0 Å². The molecule has 0 saturated carbocycles. The molecule has 0 N–H and O–H groups in total. The molecule has 1 aromatic heterocycles. The number of hydrogen-bond acceptors (Lipinski definition) is 7. The van der Waals surface area contributed by atoms with E-state index in [0.717, 1.165) is 5.56 Å². The zero-order valence-corrected chi connectivity index (χ0v) is 23.7. The SMILES string of the molecule is Fc1ccc(C=NC2Oc3ccccc3CC2c2noc(-c3ccc(F)c(Oc4ccccc4)c3)n2)cc1Oc1ccccc1. The van der Waals surface area contributed by atoms with Crippen molar-refractivity contribution < 1.29 is 27.5 Å². The fraction of sp³-hybridized carbons (Fsp3) is 0.0833. The minimum atomic E-state index is -0.709. The van der Waals surface area contributed by atoms with Crippen LogP contribution in [0, 0.1) is 11.6 Å². The van der Waals surface area contributed by atoms with Gasteiger partial charge in [-0.2, -0.15) is 4.98 Å². The second kappa shape index (κ2) is 12.4. The summed E-state index contributed by atoms with van der Waals surface area (Å²) in [5, 5.41) is 4.26. The summed E-state index contributed by atoms with van der Waals surface area (Å²) in [6.07, 6.45) is 1.44. The Labute approximate surface area is 257 Å². The van der Waals surface area contributed by atoms with Crippen molar-refractivity contribution in [2.24, 2.45) is 4.99 Å². The highest BCUT2D eigenvalue weighted by Gasteiger charge is 2.34. The molecular formula is C36H25F2N3O4. The van der Waals surface area contributed by atoms with Crippen LogP contribution in [0.1, 0.15) is 22.9 Å². The third-order valence-corrected chi connectivity index (χ3v) is 7.22. The lowest BCUT2D eigenvalue weighted by atomic mass is 9.93. The lowest BCUT2D eigenvalue weighted by Gasteiger charge is -2.29. The highest BCUT2D eigenvalue weighted by atomic mass is 19.1. The number of hydrogen-bond donors (Lipinski definition) is 0. The zero-order valence-electron chi connectivity index (χ0n) is 23.7. The molecule has 1 aliphatic heterocycles. The first-order valence-corrected chi connectivity index (χ1v) is 14.3. The Bertz CT molecular complexity index is 1960. The summed E-state index contributed by atoms with van der Waals surface area (Å²) in [7, 11) is 0. The van der Waals surface area contributed by atoms with Crippen LogP contribution in [0.15, 0.2) is 131 Å². The normalized spacial score (nSPS) is 15.8. The van der Waals surface area contributed by atoms with Crippen LogP contribution in [0.3, 0.4) is 0 Å². The van der Waals surface area contributed by atoms with Crippen LogP contribution in [-0.2, 0) is 6.42 Å². The van der Waals surface area contributed by atoms with Crippen molar-refractivity contribution in [3.8, 4) is 40.2 Å². The molecule has 1 aliphatic rings. The van der Waals surface area contributed by atoms with E-state index in [2.05, 4.69) is 10.1 Å². The van der Waals surface area contributed by atoms with Crippen LogP contribution in [0.4, 0.5) is 8.78 Å². The molecule has 0 spiro atoms. The van der Waals surface area contributed by atoms with E-state index in [4.69, 9.17) is 23.7 Å². The second-order valence-electron chi connectivity index (χ2n) is 10.3. The summed E-state index contributed by atoms with van der Waals surface area (Å²) in [6, 6.07) is 34.5. The first kappa shape index (κ1) is 28.0. The Kier molecular flexibility index (Phi) is 7.72. The lowest BCUT2D eigenvalue weighted by Crippen LogP contribution is -2.30. The van der Waals surface area contributed by atoms with Gasteiger partial charge in [0.1, 0.15) is 17.2 Å². The molecule has 7 nitrogen and oxygen atoms in total. The van der Waals surface area contributed by atoms with Gasteiger partial charge in [0.05, 0.1) is 5.92 Å². The molecule has 222 valence electrons. The summed E-state index contributed by atoms with van der Waals surface area (Å²) in [5.41, 5.74) is 2.09. The number of benzene rings is 5. The van der Waals surface area contributed by atoms with Gasteiger partial charge in [-0.05, 0) is 78.2 Å². The van der Waals surface area contributed by atoms with E-state index in [1.807, 2.05) is 48.5 Å². The molecule has 0 saturated heterocycles. The van der Waals surface area contributed by atoms with E-state index in [0.29, 0.717) is 40.6 Å². The predicted octanol–water partition coefficient (Wildman–Crippen LogP) is 8.76. The molecule has 2 atom stereocenters. The van der Waals surface area contributed by atoms with Gasteiger partial charge in [-0.3, -0.25) is 0 Å². The minimum Gasteiger partial charge on any atom is -0.468 e. The topological polar surface area (TPSA) is 79.0 Å². The number of rotatable bonds is 8. The highest BCUT2D eigenvalue weighted by Crippen LogP contribution is 2.37. The Balaban J connectivity index is 1.16. The maximum atomic E-state index is 14.6. The Morgan fingerprint density at radius 3 is 2.11 bits per heavy atom. The third kappa shape index (κ3) is 6.28. The van der Waals surface area contributed by atoms with E-state index in [1.54, 1.807) is 60.8 Å². The molecule has 6 aromatic rings. The number of para-hydroxylation sites is 3. The maximum Gasteiger partial charge on any atom is 0.258 e. The molecule has 0 fully saturated rings. The summed E-state index contributed by atoms with van der Waals surface area (Å²) in [4.78, 5) is 9.38. The van der Waals surface area contributed by atoms with Crippen LogP contribution in [0.2, 0.25) is 0 Å². The molecule has 2 heterocycles. The molecule has 2 unspecified atom stereocenters. The number of aromatic nitrogens is 2. The van der Waals surface area contributed by atoms with Crippen molar-refractivity contribution in [1.29, 1.82) is 0 Å². The van der Waals surface area contributed by atoms with E-state index < -0.39 is 23.8 Å². The Morgan fingerprint density at radius 1 is 0.733 bits per heavy atom. The van der Waals surface area contributed by atoms with E-state index in [-0.39, 0.29) is 17.4 Å². The van der Waals surface area contributed by atoms with Crippen molar-refractivity contribution in [2.45, 2.75) is 18.6 Å². The zero-order chi connectivity index (χ0) is 30.6. The van der Waals surface area contributed by atoms with Crippen LogP contribution >= 0.6 is 0 Å². The Hall–Kier alpha value is -5.83. The van der Waals surface area contributed by atoms with Gasteiger partial charge in [-0.1, -0.05) is 65.8 Å². The standard InChI is InChI=1S/C36H25F2N3O4/c37-29-17-15-23(19-32(29)42-26-10-3-1-4-11-26)22-39-36-28(20-24-9-7-8-14-31(24)44-36)34-40-35(45-41-34)25-16-18-30(38)33(21-25)43-27-12-5-2-6-13-27/h1-19,21-22,28,36H,20H2. The molecule has 9 heteroatoms. The van der Waals surface area contributed by atoms with Crippen molar-refractivity contribution in [2.75, 3.05) is 0 Å². The molecular weight excluding hydrogens is 576 g/mol. The number of halogens is 2. The Morgan fingerprint density at radius 2 is 1.38 bits per heavy atom. The molecule has 0 bridgehead atoms. The number of ether oxygens (including phenoxy) is 3. The van der Waals surface area contributed by atoms with Crippen LogP contribution in [-0.4, -0.2) is 22.6 Å². The summed E-state index contributed by atoms with van der Waals surface area (Å²) < 4.78 is 52.5. The summed E-state index contributed by atoms with van der Waals surface area (Å²) in [5.74, 6) is 0.988. The highest BCUT2D eigenvalue weighted by molar-refractivity contribution is 5.80. The van der Waals surface area contributed by atoms with E-state index >= 15 is 0 Å². The monoisotopic (exact) mass is 601 g/mol. The van der Waals surface area contributed by atoms with Gasteiger partial charge in [-0.15, -0.1) is 0 Å². The lowest BCUT2D eigenvalue weighted by molar-refractivity contribution is 0.153. The molecule has 7 rings (SSSR count). The molecule has 0 aliphatic carbocycles. The smallest absolute Gasteiger partial charge is 0.258 e. The minimum absolute atomic E-state index is 0.0331. The van der Waals surface area contributed by atoms with Gasteiger partial charge >= 0.3 is 0 Å². The van der Waals surface area contributed by atoms with E-state index in [1.165, 1.54) is 18.2 Å². The molecule has 0 radical (unpaired) electrons. The number of aliphatic imine (C=N–C) groups is 1. The van der Waals surface area contributed by atoms with E-state index in [9.17, 15) is 8.78 Å². The van der Waals surface area contributed by atoms with Crippen LogP contribution < -0.4 is 14.2 Å². The average molecular weight is 602 g/mol. The summed E-state index contributed by atoms with van der Waals surface area (Å²) >= 11 is 0. The second-order valence-corrected chi connectivity index (χ2v) is 10.3.